The minimum atomic E-state index is -0.292. The first-order valence-corrected chi connectivity index (χ1v) is 10.3. The van der Waals surface area contributed by atoms with Crippen LogP contribution in [0.4, 0.5) is 8.78 Å². The fourth-order valence-electron chi connectivity index (χ4n) is 3.99. The van der Waals surface area contributed by atoms with Gasteiger partial charge in [0.25, 0.3) is 0 Å². The number of pyridine rings is 1. The lowest BCUT2D eigenvalue weighted by Crippen LogP contribution is -2.38. The van der Waals surface area contributed by atoms with Crippen molar-refractivity contribution in [2.24, 2.45) is 0 Å². The molecule has 2 heterocycles. The van der Waals surface area contributed by atoms with Crippen molar-refractivity contribution >= 4 is 5.91 Å². The van der Waals surface area contributed by atoms with Crippen LogP contribution in [-0.2, 0) is 17.6 Å². The summed E-state index contributed by atoms with van der Waals surface area (Å²) >= 11 is 0. The van der Waals surface area contributed by atoms with Crippen molar-refractivity contribution < 1.29 is 13.6 Å². The number of hydrogen-bond acceptors (Lipinski definition) is 2. The number of halogens is 2. The second-order valence-electron chi connectivity index (χ2n) is 7.82. The predicted molar refractivity (Wildman–Crippen MR) is 112 cm³/mol. The molecule has 5 heteroatoms. The molecule has 0 unspecified atom stereocenters. The number of amides is 1. The van der Waals surface area contributed by atoms with Gasteiger partial charge in [-0.1, -0.05) is 30.3 Å². The molecular formula is C25H24F2N2O. The zero-order chi connectivity index (χ0) is 20.9. The molecule has 0 N–H and O–H groups in total. The zero-order valence-corrected chi connectivity index (χ0v) is 16.7. The lowest BCUT2D eigenvalue weighted by Gasteiger charge is -2.32. The summed E-state index contributed by atoms with van der Waals surface area (Å²) < 4.78 is 26.5. The maximum absolute atomic E-state index is 13.4. The summed E-state index contributed by atoms with van der Waals surface area (Å²) in [6, 6.07) is 18.7. The first-order chi connectivity index (χ1) is 14.6. The Labute approximate surface area is 175 Å². The van der Waals surface area contributed by atoms with Gasteiger partial charge in [-0.25, -0.2) is 8.78 Å². The molecule has 3 aromatic rings. The topological polar surface area (TPSA) is 33.2 Å². The molecule has 0 saturated carbocycles. The van der Waals surface area contributed by atoms with Crippen LogP contribution in [0.25, 0.3) is 0 Å². The van der Waals surface area contributed by atoms with Crippen LogP contribution in [0, 0.1) is 11.6 Å². The summed E-state index contributed by atoms with van der Waals surface area (Å²) in [5.74, 6) is -0.138. The highest BCUT2D eigenvalue weighted by atomic mass is 19.1. The van der Waals surface area contributed by atoms with Gasteiger partial charge in [0.05, 0.1) is 6.42 Å². The van der Waals surface area contributed by atoms with E-state index in [1.54, 1.807) is 24.3 Å². The van der Waals surface area contributed by atoms with Crippen LogP contribution in [0.15, 0.2) is 66.7 Å². The average molecular weight is 406 g/mol. The molecule has 0 bridgehead atoms. The second-order valence-corrected chi connectivity index (χ2v) is 7.82. The third-order valence-electron chi connectivity index (χ3n) is 5.64. The number of carbonyl (C=O) groups excluding carboxylic acids is 1. The molecule has 1 saturated heterocycles. The third-order valence-corrected chi connectivity index (χ3v) is 5.64. The van der Waals surface area contributed by atoms with Crippen LogP contribution >= 0.6 is 0 Å². The van der Waals surface area contributed by atoms with E-state index in [1.165, 1.54) is 18.2 Å². The number of hydrogen-bond donors (Lipinski definition) is 0. The summed E-state index contributed by atoms with van der Waals surface area (Å²) in [7, 11) is 0. The molecule has 1 amide bonds. The zero-order valence-electron chi connectivity index (χ0n) is 16.7. The molecule has 30 heavy (non-hydrogen) atoms. The summed E-state index contributed by atoms with van der Waals surface area (Å²) in [6.07, 6.45) is 2.63. The minimum Gasteiger partial charge on any atom is -0.342 e. The van der Waals surface area contributed by atoms with Crippen LogP contribution in [0.3, 0.4) is 0 Å². The van der Waals surface area contributed by atoms with E-state index in [9.17, 15) is 13.6 Å². The maximum atomic E-state index is 13.4. The van der Waals surface area contributed by atoms with Crippen LogP contribution in [-0.4, -0.2) is 28.9 Å². The molecule has 1 aromatic heterocycles. The standard InChI is InChI=1S/C25H24F2N2O/c26-21-9-7-18(8-10-21)17-25(30)29-13-11-20(12-14-29)24-6-2-5-23(28-24)16-19-3-1-4-22(27)15-19/h1-10,15,20H,11-14,16-17H2. The lowest BCUT2D eigenvalue weighted by molar-refractivity contribution is -0.131. The van der Waals surface area contributed by atoms with Crippen molar-refractivity contribution in [1.29, 1.82) is 0 Å². The van der Waals surface area contributed by atoms with Crippen molar-refractivity contribution in [3.05, 3.63) is 101 Å². The Balaban J connectivity index is 1.34. The Kier molecular flexibility index (Phi) is 6.17. The number of benzene rings is 2. The van der Waals surface area contributed by atoms with Crippen molar-refractivity contribution in [2.75, 3.05) is 13.1 Å². The van der Waals surface area contributed by atoms with Gasteiger partial charge in [0.2, 0.25) is 5.91 Å². The molecular weight excluding hydrogens is 382 g/mol. The SMILES string of the molecule is O=C(Cc1ccc(F)cc1)N1CCC(c2cccc(Cc3cccc(F)c3)n2)CC1. The van der Waals surface area contributed by atoms with E-state index < -0.39 is 0 Å². The van der Waals surface area contributed by atoms with Crippen molar-refractivity contribution in [2.45, 2.75) is 31.6 Å². The van der Waals surface area contributed by atoms with Gasteiger partial charge < -0.3 is 4.90 Å². The first kappa shape index (κ1) is 20.2. The smallest absolute Gasteiger partial charge is 0.226 e. The summed E-state index contributed by atoms with van der Waals surface area (Å²) in [5.41, 5.74) is 3.69. The molecule has 154 valence electrons. The monoisotopic (exact) mass is 406 g/mol. The minimum absolute atomic E-state index is 0.0767. The molecule has 2 aromatic carbocycles. The Bertz CT molecular complexity index is 1010. The molecule has 0 atom stereocenters. The van der Waals surface area contributed by atoms with Crippen molar-refractivity contribution in [3.8, 4) is 0 Å². The molecule has 0 spiro atoms. The van der Waals surface area contributed by atoms with Gasteiger partial charge in [0.15, 0.2) is 0 Å². The average Bonchev–Trinajstić information content (AvgIpc) is 2.76. The lowest BCUT2D eigenvalue weighted by atomic mass is 9.92. The van der Waals surface area contributed by atoms with E-state index in [-0.39, 0.29) is 17.5 Å². The van der Waals surface area contributed by atoms with Crippen LogP contribution in [0.5, 0.6) is 0 Å². The molecule has 1 fully saturated rings. The third kappa shape index (κ3) is 5.09. The Morgan fingerprint density at radius 2 is 1.63 bits per heavy atom. The maximum Gasteiger partial charge on any atom is 0.226 e. The van der Waals surface area contributed by atoms with Crippen molar-refractivity contribution in [3.63, 3.8) is 0 Å². The number of aromatic nitrogens is 1. The molecule has 3 nitrogen and oxygen atoms in total. The molecule has 1 aliphatic heterocycles. The largest absolute Gasteiger partial charge is 0.342 e. The van der Waals surface area contributed by atoms with E-state index in [2.05, 4.69) is 0 Å². The fourth-order valence-corrected chi connectivity index (χ4v) is 3.99. The van der Waals surface area contributed by atoms with E-state index in [4.69, 9.17) is 4.98 Å². The van der Waals surface area contributed by atoms with E-state index >= 15 is 0 Å². The summed E-state index contributed by atoms with van der Waals surface area (Å²) in [4.78, 5) is 19.3. The van der Waals surface area contributed by atoms with Gasteiger partial charge in [-0.3, -0.25) is 9.78 Å². The van der Waals surface area contributed by atoms with Gasteiger partial charge in [-0.05, 0) is 60.4 Å². The normalized spacial score (nSPS) is 14.7. The first-order valence-electron chi connectivity index (χ1n) is 10.3. The number of carbonyl (C=O) groups is 1. The van der Waals surface area contributed by atoms with E-state index in [0.717, 1.165) is 35.4 Å². The number of likely N-dealkylation sites (tertiary alicyclic amines) is 1. The Morgan fingerprint density at radius 3 is 2.37 bits per heavy atom. The highest BCUT2D eigenvalue weighted by molar-refractivity contribution is 5.78. The van der Waals surface area contributed by atoms with Gasteiger partial charge in [0.1, 0.15) is 11.6 Å². The molecule has 1 aliphatic rings. The quantitative estimate of drug-likeness (QED) is 0.604. The molecule has 0 radical (unpaired) electrons. The summed E-state index contributed by atoms with van der Waals surface area (Å²) in [6.45, 7) is 1.39. The second kappa shape index (κ2) is 9.16. The van der Waals surface area contributed by atoms with Gasteiger partial charge in [0, 0.05) is 36.8 Å². The highest BCUT2D eigenvalue weighted by Gasteiger charge is 2.24. The summed E-state index contributed by atoms with van der Waals surface area (Å²) in [5, 5.41) is 0. The van der Waals surface area contributed by atoms with Crippen molar-refractivity contribution in [1.82, 2.24) is 9.88 Å². The van der Waals surface area contributed by atoms with Gasteiger partial charge in [-0.2, -0.15) is 0 Å². The predicted octanol–water partition coefficient (Wildman–Crippen LogP) is 4.90. The van der Waals surface area contributed by atoms with E-state index in [1.807, 2.05) is 29.2 Å². The van der Waals surface area contributed by atoms with E-state index in [0.29, 0.717) is 31.8 Å². The van der Waals surface area contributed by atoms with Gasteiger partial charge in [-0.15, -0.1) is 0 Å². The number of nitrogens with zero attached hydrogens (tertiary/aromatic N) is 2. The van der Waals surface area contributed by atoms with Gasteiger partial charge >= 0.3 is 0 Å². The highest BCUT2D eigenvalue weighted by Crippen LogP contribution is 2.27. The molecule has 0 aliphatic carbocycles. The number of rotatable bonds is 5. The molecule has 4 rings (SSSR count). The fraction of sp³-hybridized carbons (Fsp3) is 0.280. The number of piperidine rings is 1. The van der Waals surface area contributed by atoms with Crippen LogP contribution in [0.1, 0.15) is 41.3 Å². The Hall–Kier alpha value is -3.08. The van der Waals surface area contributed by atoms with Crippen LogP contribution in [0.2, 0.25) is 0 Å². The Morgan fingerprint density at radius 1 is 0.900 bits per heavy atom. The van der Waals surface area contributed by atoms with Crippen LogP contribution < -0.4 is 0 Å².